The van der Waals surface area contributed by atoms with Crippen LogP contribution in [0.5, 0.6) is 0 Å². The Morgan fingerprint density at radius 2 is 2.18 bits per heavy atom. The van der Waals surface area contributed by atoms with Crippen molar-refractivity contribution >= 4 is 11.3 Å². The van der Waals surface area contributed by atoms with E-state index in [1.807, 2.05) is 7.05 Å². The van der Waals surface area contributed by atoms with Gasteiger partial charge in [-0.05, 0) is 45.5 Å². The van der Waals surface area contributed by atoms with Crippen molar-refractivity contribution in [2.75, 3.05) is 13.6 Å². The van der Waals surface area contributed by atoms with Gasteiger partial charge < -0.3 is 9.73 Å². The van der Waals surface area contributed by atoms with E-state index in [2.05, 4.69) is 35.4 Å². The van der Waals surface area contributed by atoms with Gasteiger partial charge in [0.15, 0.2) is 0 Å². The fourth-order valence-corrected chi connectivity index (χ4v) is 2.50. The third-order valence-corrected chi connectivity index (χ3v) is 3.80. The molecule has 0 unspecified atom stereocenters. The molecule has 0 aromatic carbocycles. The van der Waals surface area contributed by atoms with Crippen LogP contribution in [-0.4, -0.2) is 23.8 Å². The third kappa shape index (κ3) is 2.92. The van der Waals surface area contributed by atoms with Crippen LogP contribution in [0.2, 0.25) is 0 Å². The largest absolute Gasteiger partial charge is 0.420 e. The van der Waals surface area contributed by atoms with Crippen LogP contribution in [-0.2, 0) is 6.42 Å². The van der Waals surface area contributed by atoms with E-state index in [1.54, 1.807) is 11.3 Å². The molecule has 5 heteroatoms. The van der Waals surface area contributed by atoms with Crippen molar-refractivity contribution in [3.63, 3.8) is 0 Å². The van der Waals surface area contributed by atoms with Crippen molar-refractivity contribution in [3.05, 3.63) is 22.4 Å². The Kier molecular flexibility index (Phi) is 3.91. The van der Waals surface area contributed by atoms with Gasteiger partial charge in [-0.2, -0.15) is 0 Å². The molecule has 92 valence electrons. The van der Waals surface area contributed by atoms with Crippen LogP contribution in [0.1, 0.15) is 22.8 Å². The summed E-state index contributed by atoms with van der Waals surface area (Å²) >= 11 is 1.70. The summed E-state index contributed by atoms with van der Waals surface area (Å²) in [5.74, 6) is 1.37. The van der Waals surface area contributed by atoms with Crippen LogP contribution in [0, 0.1) is 13.8 Å². The van der Waals surface area contributed by atoms with Crippen LogP contribution in [0.15, 0.2) is 10.5 Å². The van der Waals surface area contributed by atoms with Gasteiger partial charge in [-0.15, -0.1) is 21.5 Å². The van der Waals surface area contributed by atoms with Crippen molar-refractivity contribution in [2.24, 2.45) is 0 Å². The molecule has 0 atom stereocenters. The first-order chi connectivity index (χ1) is 8.20. The van der Waals surface area contributed by atoms with Gasteiger partial charge in [0.05, 0.1) is 4.88 Å². The Hall–Kier alpha value is -1.20. The fourth-order valence-electron chi connectivity index (χ4n) is 1.55. The second kappa shape index (κ2) is 5.42. The second-order valence-electron chi connectivity index (χ2n) is 4.06. The maximum Gasteiger partial charge on any atom is 0.257 e. The fraction of sp³-hybridized carbons (Fsp3) is 0.500. The molecule has 0 aliphatic rings. The van der Waals surface area contributed by atoms with Crippen LogP contribution in [0.25, 0.3) is 10.8 Å². The van der Waals surface area contributed by atoms with E-state index in [9.17, 15) is 0 Å². The van der Waals surface area contributed by atoms with E-state index in [1.165, 1.54) is 10.4 Å². The quantitative estimate of drug-likeness (QED) is 0.830. The topological polar surface area (TPSA) is 51.0 Å². The minimum atomic E-state index is 0.644. The monoisotopic (exact) mass is 251 g/mol. The van der Waals surface area contributed by atoms with Crippen molar-refractivity contribution < 1.29 is 4.42 Å². The molecule has 0 amide bonds. The lowest BCUT2D eigenvalue weighted by atomic mass is 10.3. The van der Waals surface area contributed by atoms with Crippen LogP contribution in [0.3, 0.4) is 0 Å². The first-order valence-electron chi connectivity index (χ1n) is 5.75. The number of rotatable bonds is 5. The molecule has 0 saturated carbocycles. The Bertz CT molecular complexity index is 470. The van der Waals surface area contributed by atoms with Crippen LogP contribution < -0.4 is 5.32 Å². The Morgan fingerprint density at radius 3 is 2.82 bits per heavy atom. The lowest BCUT2D eigenvalue weighted by molar-refractivity contribution is 0.495. The zero-order chi connectivity index (χ0) is 12.3. The predicted octanol–water partition coefficient (Wildman–Crippen LogP) is 2.57. The first-order valence-corrected chi connectivity index (χ1v) is 6.56. The summed E-state index contributed by atoms with van der Waals surface area (Å²) in [5, 5.41) is 11.3. The molecular weight excluding hydrogens is 234 g/mol. The van der Waals surface area contributed by atoms with Gasteiger partial charge >= 0.3 is 0 Å². The maximum atomic E-state index is 5.65. The number of aryl methyl sites for hydroxylation is 3. The summed E-state index contributed by atoms with van der Waals surface area (Å²) in [4.78, 5) is 2.36. The summed E-state index contributed by atoms with van der Waals surface area (Å²) in [7, 11) is 1.94. The van der Waals surface area contributed by atoms with E-state index in [-0.39, 0.29) is 0 Å². The Morgan fingerprint density at radius 1 is 1.35 bits per heavy atom. The van der Waals surface area contributed by atoms with Crippen LogP contribution in [0.4, 0.5) is 0 Å². The Balaban J connectivity index is 2.07. The Labute approximate surface area is 105 Å². The van der Waals surface area contributed by atoms with Crippen molar-refractivity contribution in [1.29, 1.82) is 0 Å². The lowest BCUT2D eigenvalue weighted by Crippen LogP contribution is -2.08. The highest BCUT2D eigenvalue weighted by Crippen LogP contribution is 2.29. The molecule has 0 aliphatic carbocycles. The summed E-state index contributed by atoms with van der Waals surface area (Å²) in [6, 6.07) is 2.10. The van der Waals surface area contributed by atoms with Gasteiger partial charge in [0.2, 0.25) is 5.89 Å². The molecule has 0 aliphatic heterocycles. The second-order valence-corrected chi connectivity index (χ2v) is 5.31. The predicted molar refractivity (Wildman–Crippen MR) is 69.3 cm³/mol. The molecule has 4 nitrogen and oxygen atoms in total. The zero-order valence-electron chi connectivity index (χ0n) is 10.4. The number of hydrogen-bond donors (Lipinski definition) is 1. The maximum absolute atomic E-state index is 5.65. The standard InChI is InChI=1S/C12H17N3OS/c1-8-7-10(17-9(8)2)12-15-14-11(16-12)5-4-6-13-3/h7,13H,4-6H2,1-3H3. The highest BCUT2D eigenvalue weighted by atomic mass is 32.1. The molecule has 1 N–H and O–H groups in total. The van der Waals surface area contributed by atoms with E-state index < -0.39 is 0 Å². The molecule has 2 rings (SSSR count). The molecule has 2 aromatic rings. The van der Waals surface area contributed by atoms with E-state index >= 15 is 0 Å². The third-order valence-electron chi connectivity index (χ3n) is 2.66. The van der Waals surface area contributed by atoms with Gasteiger partial charge in [0.1, 0.15) is 0 Å². The van der Waals surface area contributed by atoms with Crippen molar-refractivity contribution in [3.8, 4) is 10.8 Å². The van der Waals surface area contributed by atoms with Gasteiger partial charge in [0.25, 0.3) is 5.89 Å². The lowest BCUT2D eigenvalue weighted by Gasteiger charge is -1.94. The van der Waals surface area contributed by atoms with Gasteiger partial charge in [-0.3, -0.25) is 0 Å². The van der Waals surface area contributed by atoms with E-state index in [0.717, 1.165) is 30.2 Å². The minimum absolute atomic E-state index is 0.644. The van der Waals surface area contributed by atoms with E-state index in [4.69, 9.17) is 4.42 Å². The molecule has 0 saturated heterocycles. The molecule has 0 radical (unpaired) electrons. The number of thiophene rings is 1. The molecule has 0 fully saturated rings. The first kappa shape index (κ1) is 12.3. The highest BCUT2D eigenvalue weighted by molar-refractivity contribution is 7.15. The average molecular weight is 251 g/mol. The SMILES string of the molecule is CNCCCc1nnc(-c2cc(C)c(C)s2)o1. The molecule has 0 bridgehead atoms. The van der Waals surface area contributed by atoms with Gasteiger partial charge in [0, 0.05) is 11.3 Å². The minimum Gasteiger partial charge on any atom is -0.420 e. The number of nitrogens with one attached hydrogen (secondary N) is 1. The summed E-state index contributed by atoms with van der Waals surface area (Å²) in [5.41, 5.74) is 1.28. The smallest absolute Gasteiger partial charge is 0.257 e. The highest BCUT2D eigenvalue weighted by Gasteiger charge is 2.11. The molecule has 0 spiro atoms. The van der Waals surface area contributed by atoms with Gasteiger partial charge in [-0.1, -0.05) is 0 Å². The molecule has 2 aromatic heterocycles. The van der Waals surface area contributed by atoms with Crippen molar-refractivity contribution in [1.82, 2.24) is 15.5 Å². The van der Waals surface area contributed by atoms with E-state index in [0.29, 0.717) is 5.89 Å². The summed E-state index contributed by atoms with van der Waals surface area (Å²) < 4.78 is 5.65. The summed E-state index contributed by atoms with van der Waals surface area (Å²) in [6.07, 6.45) is 1.85. The van der Waals surface area contributed by atoms with Gasteiger partial charge in [-0.25, -0.2) is 0 Å². The number of aromatic nitrogens is 2. The van der Waals surface area contributed by atoms with Crippen LogP contribution >= 0.6 is 11.3 Å². The normalized spacial score (nSPS) is 11.0. The summed E-state index contributed by atoms with van der Waals surface area (Å²) in [6.45, 7) is 5.17. The van der Waals surface area contributed by atoms with Crippen molar-refractivity contribution in [2.45, 2.75) is 26.7 Å². The molecule has 17 heavy (non-hydrogen) atoms. The molecular formula is C12H17N3OS. The number of nitrogens with zero attached hydrogens (tertiary/aromatic N) is 2. The average Bonchev–Trinajstić information content (AvgIpc) is 2.88. The number of hydrogen-bond acceptors (Lipinski definition) is 5. The molecule has 2 heterocycles. The zero-order valence-corrected chi connectivity index (χ0v) is 11.2.